The second-order valence-corrected chi connectivity index (χ2v) is 8.48. The fourth-order valence-corrected chi connectivity index (χ4v) is 4.14. The Morgan fingerprint density at radius 1 is 1.07 bits per heavy atom. The predicted octanol–water partition coefficient (Wildman–Crippen LogP) is 5.54. The van der Waals surface area contributed by atoms with Crippen LogP contribution in [0.2, 0.25) is 0 Å². The molecule has 0 amide bonds. The standard InChI is InChI=1S/C22H28N2OS2/c1-17-6-8-18(9-7-17)16-27-15-14-23-22(26)24-19-10-12-21(13-11-19)25-20-4-2-3-5-20/h6-13,20H,2-5,14-16H2,1H3,(H2,23,24,26). The van der Waals surface area contributed by atoms with Crippen LogP contribution in [-0.2, 0) is 5.75 Å². The lowest BCUT2D eigenvalue weighted by Gasteiger charge is -2.14. The normalized spacial score (nSPS) is 14.1. The molecule has 144 valence electrons. The monoisotopic (exact) mass is 400 g/mol. The first-order valence-corrected chi connectivity index (χ1v) is 11.2. The van der Waals surface area contributed by atoms with Gasteiger partial charge < -0.3 is 15.4 Å². The summed E-state index contributed by atoms with van der Waals surface area (Å²) in [5.41, 5.74) is 3.66. The molecule has 0 aliphatic heterocycles. The quantitative estimate of drug-likeness (QED) is 0.449. The van der Waals surface area contributed by atoms with E-state index in [1.165, 1.54) is 36.8 Å². The van der Waals surface area contributed by atoms with Crippen LogP contribution in [0.25, 0.3) is 0 Å². The number of benzene rings is 2. The van der Waals surface area contributed by atoms with Crippen molar-refractivity contribution in [2.45, 2.75) is 44.5 Å². The summed E-state index contributed by atoms with van der Waals surface area (Å²) in [6.07, 6.45) is 5.32. The highest BCUT2D eigenvalue weighted by atomic mass is 32.2. The van der Waals surface area contributed by atoms with Crippen molar-refractivity contribution in [1.82, 2.24) is 5.32 Å². The summed E-state index contributed by atoms with van der Waals surface area (Å²) in [7, 11) is 0. The lowest BCUT2D eigenvalue weighted by atomic mass is 10.2. The molecule has 0 bridgehead atoms. The van der Waals surface area contributed by atoms with Crippen LogP contribution in [-0.4, -0.2) is 23.5 Å². The average molecular weight is 401 g/mol. The van der Waals surface area contributed by atoms with Gasteiger partial charge in [0.15, 0.2) is 5.11 Å². The van der Waals surface area contributed by atoms with Crippen molar-refractivity contribution >= 4 is 34.8 Å². The molecule has 0 saturated heterocycles. The Labute approximate surface area is 172 Å². The molecule has 0 radical (unpaired) electrons. The van der Waals surface area contributed by atoms with Crippen molar-refractivity contribution in [2.24, 2.45) is 0 Å². The number of thioether (sulfide) groups is 1. The van der Waals surface area contributed by atoms with Gasteiger partial charge in [0.05, 0.1) is 6.10 Å². The zero-order valence-corrected chi connectivity index (χ0v) is 17.5. The molecule has 3 nitrogen and oxygen atoms in total. The van der Waals surface area contributed by atoms with Gasteiger partial charge in [-0.3, -0.25) is 0 Å². The molecule has 3 rings (SSSR count). The first-order chi connectivity index (χ1) is 13.2. The van der Waals surface area contributed by atoms with E-state index < -0.39 is 0 Å². The van der Waals surface area contributed by atoms with Crippen LogP contribution in [0.4, 0.5) is 5.69 Å². The maximum Gasteiger partial charge on any atom is 0.170 e. The van der Waals surface area contributed by atoms with E-state index in [1.54, 1.807) is 0 Å². The van der Waals surface area contributed by atoms with E-state index in [-0.39, 0.29) is 0 Å². The summed E-state index contributed by atoms with van der Waals surface area (Å²) in [6, 6.07) is 16.8. The molecule has 2 N–H and O–H groups in total. The fourth-order valence-electron chi connectivity index (χ4n) is 3.10. The third-order valence-corrected chi connectivity index (χ3v) is 5.92. The Morgan fingerprint density at radius 2 is 1.78 bits per heavy atom. The van der Waals surface area contributed by atoms with E-state index in [1.807, 2.05) is 36.0 Å². The Bertz CT molecular complexity index is 710. The van der Waals surface area contributed by atoms with Crippen LogP contribution < -0.4 is 15.4 Å². The number of anilines is 1. The SMILES string of the molecule is Cc1ccc(CSCCNC(=S)Nc2ccc(OC3CCCC3)cc2)cc1. The van der Waals surface area contributed by atoms with Crippen molar-refractivity contribution in [2.75, 3.05) is 17.6 Å². The van der Waals surface area contributed by atoms with Gasteiger partial charge in [0.2, 0.25) is 0 Å². The predicted molar refractivity (Wildman–Crippen MR) is 121 cm³/mol. The van der Waals surface area contributed by atoms with E-state index in [9.17, 15) is 0 Å². The molecule has 0 atom stereocenters. The molecule has 1 aliphatic rings. The molecule has 5 heteroatoms. The van der Waals surface area contributed by atoms with Gasteiger partial charge >= 0.3 is 0 Å². The van der Waals surface area contributed by atoms with Crippen molar-refractivity contribution in [3.05, 3.63) is 59.7 Å². The summed E-state index contributed by atoms with van der Waals surface area (Å²) in [6.45, 7) is 2.97. The van der Waals surface area contributed by atoms with Crippen LogP contribution in [0.3, 0.4) is 0 Å². The highest BCUT2D eigenvalue weighted by Gasteiger charge is 2.16. The number of thiocarbonyl (C=S) groups is 1. The first-order valence-electron chi connectivity index (χ1n) is 9.64. The summed E-state index contributed by atoms with van der Waals surface area (Å²) in [5.74, 6) is 2.99. The molecule has 1 aliphatic carbocycles. The maximum atomic E-state index is 5.99. The van der Waals surface area contributed by atoms with Crippen LogP contribution in [0.5, 0.6) is 5.75 Å². The molecule has 0 heterocycles. The number of aryl methyl sites for hydroxylation is 1. The average Bonchev–Trinajstić information content (AvgIpc) is 3.18. The molecule has 0 unspecified atom stereocenters. The molecule has 27 heavy (non-hydrogen) atoms. The smallest absolute Gasteiger partial charge is 0.170 e. The summed E-state index contributed by atoms with van der Waals surface area (Å²) < 4.78 is 5.99. The molecular weight excluding hydrogens is 372 g/mol. The second-order valence-electron chi connectivity index (χ2n) is 6.97. The van der Waals surface area contributed by atoms with Crippen LogP contribution >= 0.6 is 24.0 Å². The summed E-state index contributed by atoms with van der Waals surface area (Å²) in [4.78, 5) is 0. The molecule has 2 aromatic rings. The van der Waals surface area contributed by atoms with E-state index in [2.05, 4.69) is 41.8 Å². The minimum absolute atomic E-state index is 0.393. The van der Waals surface area contributed by atoms with Crippen LogP contribution in [0.1, 0.15) is 36.8 Å². The Morgan fingerprint density at radius 3 is 2.48 bits per heavy atom. The minimum Gasteiger partial charge on any atom is -0.490 e. The Hall–Kier alpha value is -1.72. The number of hydrogen-bond donors (Lipinski definition) is 2. The topological polar surface area (TPSA) is 33.3 Å². The number of rotatable bonds is 8. The minimum atomic E-state index is 0.393. The van der Waals surface area contributed by atoms with Crippen molar-refractivity contribution < 1.29 is 4.74 Å². The van der Waals surface area contributed by atoms with Crippen molar-refractivity contribution in [1.29, 1.82) is 0 Å². The number of nitrogens with one attached hydrogen (secondary N) is 2. The third kappa shape index (κ3) is 7.07. The van der Waals surface area contributed by atoms with Crippen LogP contribution in [0, 0.1) is 6.92 Å². The maximum absolute atomic E-state index is 5.99. The lowest BCUT2D eigenvalue weighted by molar-refractivity contribution is 0.210. The van der Waals surface area contributed by atoms with Gasteiger partial charge in [-0.05, 0) is 74.7 Å². The van der Waals surface area contributed by atoms with Gasteiger partial charge in [-0.15, -0.1) is 0 Å². The zero-order valence-electron chi connectivity index (χ0n) is 15.9. The molecule has 2 aromatic carbocycles. The largest absolute Gasteiger partial charge is 0.490 e. The Balaban J connectivity index is 1.31. The van der Waals surface area contributed by atoms with Gasteiger partial charge in [0, 0.05) is 23.7 Å². The molecule has 1 saturated carbocycles. The summed E-state index contributed by atoms with van der Waals surface area (Å²) >= 11 is 7.29. The van der Waals surface area contributed by atoms with Crippen molar-refractivity contribution in [3.8, 4) is 5.75 Å². The van der Waals surface area contributed by atoms with Gasteiger partial charge in [-0.25, -0.2) is 0 Å². The number of hydrogen-bond acceptors (Lipinski definition) is 3. The van der Waals surface area contributed by atoms with Gasteiger partial charge in [-0.2, -0.15) is 11.8 Å². The molecule has 0 aromatic heterocycles. The highest BCUT2D eigenvalue weighted by Crippen LogP contribution is 2.25. The van der Waals surface area contributed by atoms with Crippen LogP contribution in [0.15, 0.2) is 48.5 Å². The molecule has 1 fully saturated rings. The fraction of sp³-hybridized carbons (Fsp3) is 0.409. The van der Waals surface area contributed by atoms with Gasteiger partial charge in [0.1, 0.15) is 5.75 Å². The van der Waals surface area contributed by atoms with E-state index in [0.717, 1.165) is 29.5 Å². The van der Waals surface area contributed by atoms with Gasteiger partial charge in [-0.1, -0.05) is 29.8 Å². The van der Waals surface area contributed by atoms with Crippen molar-refractivity contribution in [3.63, 3.8) is 0 Å². The molecular formula is C22H28N2OS2. The highest BCUT2D eigenvalue weighted by molar-refractivity contribution is 7.98. The van der Waals surface area contributed by atoms with E-state index >= 15 is 0 Å². The zero-order chi connectivity index (χ0) is 18.9. The first kappa shape index (κ1) is 20.0. The van der Waals surface area contributed by atoms with E-state index in [4.69, 9.17) is 17.0 Å². The molecule has 0 spiro atoms. The van der Waals surface area contributed by atoms with Gasteiger partial charge in [0.25, 0.3) is 0 Å². The number of ether oxygens (including phenoxy) is 1. The Kier molecular flexibility index (Phi) is 7.84. The lowest BCUT2D eigenvalue weighted by Crippen LogP contribution is -2.30. The third-order valence-electron chi connectivity index (χ3n) is 4.64. The van der Waals surface area contributed by atoms with E-state index in [0.29, 0.717) is 11.2 Å². The second kappa shape index (κ2) is 10.6. The summed E-state index contributed by atoms with van der Waals surface area (Å²) in [5, 5.41) is 7.16.